The standard InChI is InChI=1S/C13H19N3O/c1-4-13(3,7-8-17)16-12-11(9-14)6-5-10(2)15-12/h5-6,17H,4,7-8H2,1-3H3,(H,15,16). The molecule has 0 bridgehead atoms. The van der Waals surface area contributed by atoms with Gasteiger partial charge in [0.25, 0.3) is 0 Å². The summed E-state index contributed by atoms with van der Waals surface area (Å²) >= 11 is 0. The lowest BCUT2D eigenvalue weighted by atomic mass is 9.94. The molecule has 4 heteroatoms. The van der Waals surface area contributed by atoms with Crippen LogP contribution in [0.4, 0.5) is 5.82 Å². The molecule has 0 radical (unpaired) electrons. The SMILES string of the molecule is CCC(C)(CCO)Nc1nc(C)ccc1C#N. The van der Waals surface area contributed by atoms with Crippen molar-refractivity contribution in [3.63, 3.8) is 0 Å². The lowest BCUT2D eigenvalue weighted by Crippen LogP contribution is -2.35. The summed E-state index contributed by atoms with van der Waals surface area (Å²) in [5, 5.41) is 21.4. The molecule has 2 N–H and O–H groups in total. The molecular weight excluding hydrogens is 214 g/mol. The van der Waals surface area contributed by atoms with E-state index in [1.54, 1.807) is 6.07 Å². The predicted molar refractivity (Wildman–Crippen MR) is 67.7 cm³/mol. The maximum atomic E-state index is 9.07. The number of nitriles is 1. The van der Waals surface area contributed by atoms with Crippen LogP contribution in [0.3, 0.4) is 0 Å². The molecule has 0 aromatic carbocycles. The zero-order chi connectivity index (χ0) is 12.9. The third kappa shape index (κ3) is 3.43. The second-order valence-corrected chi connectivity index (χ2v) is 4.47. The van der Waals surface area contributed by atoms with E-state index in [2.05, 4.69) is 16.4 Å². The largest absolute Gasteiger partial charge is 0.396 e. The summed E-state index contributed by atoms with van der Waals surface area (Å²) in [6.07, 6.45) is 1.48. The van der Waals surface area contributed by atoms with Gasteiger partial charge in [-0.2, -0.15) is 5.26 Å². The Labute approximate surface area is 102 Å². The van der Waals surface area contributed by atoms with Gasteiger partial charge >= 0.3 is 0 Å². The van der Waals surface area contributed by atoms with Crippen molar-refractivity contribution in [1.82, 2.24) is 4.98 Å². The fourth-order valence-electron chi connectivity index (χ4n) is 1.60. The minimum absolute atomic E-state index is 0.116. The van der Waals surface area contributed by atoms with Crippen molar-refractivity contribution in [2.75, 3.05) is 11.9 Å². The molecule has 0 aliphatic heterocycles. The third-order valence-electron chi connectivity index (χ3n) is 3.02. The van der Waals surface area contributed by atoms with E-state index in [1.807, 2.05) is 26.8 Å². The second kappa shape index (κ2) is 5.65. The highest BCUT2D eigenvalue weighted by molar-refractivity contribution is 5.53. The maximum Gasteiger partial charge on any atom is 0.144 e. The maximum absolute atomic E-state index is 9.07. The minimum atomic E-state index is -0.235. The van der Waals surface area contributed by atoms with Gasteiger partial charge in [0.1, 0.15) is 11.9 Å². The first kappa shape index (κ1) is 13.5. The van der Waals surface area contributed by atoms with Gasteiger partial charge in [-0.1, -0.05) is 6.92 Å². The zero-order valence-electron chi connectivity index (χ0n) is 10.6. The van der Waals surface area contributed by atoms with Crippen molar-refractivity contribution < 1.29 is 5.11 Å². The Balaban J connectivity index is 3.01. The molecule has 0 saturated heterocycles. The Hall–Kier alpha value is -1.60. The number of rotatable bonds is 5. The van der Waals surface area contributed by atoms with E-state index in [4.69, 9.17) is 10.4 Å². The second-order valence-electron chi connectivity index (χ2n) is 4.47. The first-order valence-electron chi connectivity index (χ1n) is 5.81. The first-order chi connectivity index (χ1) is 8.04. The molecule has 0 aliphatic carbocycles. The number of aliphatic hydroxyl groups excluding tert-OH is 1. The topological polar surface area (TPSA) is 68.9 Å². The molecule has 92 valence electrons. The van der Waals surface area contributed by atoms with E-state index in [-0.39, 0.29) is 12.1 Å². The predicted octanol–water partition coefficient (Wildman–Crippen LogP) is 2.22. The van der Waals surface area contributed by atoms with Crippen molar-refractivity contribution in [1.29, 1.82) is 5.26 Å². The van der Waals surface area contributed by atoms with Gasteiger partial charge in [0.05, 0.1) is 5.56 Å². The summed E-state index contributed by atoms with van der Waals surface area (Å²) in [5.41, 5.74) is 1.17. The summed E-state index contributed by atoms with van der Waals surface area (Å²) in [4.78, 5) is 4.34. The fraction of sp³-hybridized carbons (Fsp3) is 0.538. The van der Waals surface area contributed by atoms with E-state index in [0.717, 1.165) is 12.1 Å². The number of hydrogen-bond donors (Lipinski definition) is 2. The van der Waals surface area contributed by atoms with Gasteiger partial charge < -0.3 is 10.4 Å². The number of aliphatic hydroxyl groups is 1. The van der Waals surface area contributed by atoms with Crippen LogP contribution in [0.25, 0.3) is 0 Å². The molecule has 17 heavy (non-hydrogen) atoms. The Morgan fingerprint density at radius 3 is 2.76 bits per heavy atom. The molecule has 1 aromatic rings. The van der Waals surface area contributed by atoms with Gasteiger partial charge in [-0.05, 0) is 38.8 Å². The number of nitrogens with one attached hydrogen (secondary N) is 1. The van der Waals surface area contributed by atoms with Crippen LogP contribution in [-0.2, 0) is 0 Å². The summed E-state index contributed by atoms with van der Waals surface area (Å²) in [6, 6.07) is 5.71. The van der Waals surface area contributed by atoms with Crippen LogP contribution in [0.15, 0.2) is 12.1 Å². The molecule has 1 unspecified atom stereocenters. The summed E-state index contributed by atoms with van der Waals surface area (Å²) in [6.45, 7) is 6.07. The molecule has 0 aliphatic rings. The molecule has 1 heterocycles. The number of anilines is 1. The van der Waals surface area contributed by atoms with Gasteiger partial charge in [0.15, 0.2) is 0 Å². The molecule has 1 aromatic heterocycles. The molecule has 4 nitrogen and oxygen atoms in total. The van der Waals surface area contributed by atoms with Crippen LogP contribution in [-0.4, -0.2) is 22.2 Å². The van der Waals surface area contributed by atoms with Gasteiger partial charge in [-0.3, -0.25) is 0 Å². The first-order valence-corrected chi connectivity index (χ1v) is 5.81. The summed E-state index contributed by atoms with van der Waals surface area (Å²) in [5.74, 6) is 0.602. The average molecular weight is 233 g/mol. The van der Waals surface area contributed by atoms with Crippen molar-refractivity contribution in [2.24, 2.45) is 0 Å². The van der Waals surface area contributed by atoms with Crippen LogP contribution in [0.2, 0.25) is 0 Å². The number of pyridine rings is 1. The van der Waals surface area contributed by atoms with Gasteiger partial charge in [0.2, 0.25) is 0 Å². The van der Waals surface area contributed by atoms with Crippen molar-refractivity contribution in [3.8, 4) is 6.07 Å². The summed E-state index contributed by atoms with van der Waals surface area (Å²) in [7, 11) is 0. The summed E-state index contributed by atoms with van der Waals surface area (Å²) < 4.78 is 0. The monoisotopic (exact) mass is 233 g/mol. The van der Waals surface area contributed by atoms with Crippen LogP contribution in [0.1, 0.15) is 37.9 Å². The van der Waals surface area contributed by atoms with Crippen molar-refractivity contribution in [2.45, 2.75) is 39.2 Å². The third-order valence-corrected chi connectivity index (χ3v) is 3.02. The Kier molecular flexibility index (Phi) is 4.47. The van der Waals surface area contributed by atoms with E-state index >= 15 is 0 Å². The molecule has 1 atom stereocenters. The number of aryl methyl sites for hydroxylation is 1. The molecule has 0 fully saturated rings. The Bertz CT molecular complexity index is 425. The van der Waals surface area contributed by atoms with Gasteiger partial charge in [0, 0.05) is 17.8 Å². The highest BCUT2D eigenvalue weighted by Gasteiger charge is 2.22. The van der Waals surface area contributed by atoms with Crippen LogP contribution >= 0.6 is 0 Å². The number of hydrogen-bond acceptors (Lipinski definition) is 4. The van der Waals surface area contributed by atoms with Crippen molar-refractivity contribution >= 4 is 5.82 Å². The quantitative estimate of drug-likeness (QED) is 0.818. The van der Waals surface area contributed by atoms with E-state index in [0.29, 0.717) is 17.8 Å². The molecule has 0 amide bonds. The van der Waals surface area contributed by atoms with E-state index < -0.39 is 0 Å². The highest BCUT2D eigenvalue weighted by atomic mass is 16.3. The van der Waals surface area contributed by atoms with Crippen LogP contribution in [0.5, 0.6) is 0 Å². The Morgan fingerprint density at radius 2 is 2.24 bits per heavy atom. The number of nitrogens with zero attached hydrogens (tertiary/aromatic N) is 2. The normalized spacial score (nSPS) is 13.8. The van der Waals surface area contributed by atoms with E-state index in [1.165, 1.54) is 0 Å². The molecular formula is C13H19N3O. The fourth-order valence-corrected chi connectivity index (χ4v) is 1.60. The van der Waals surface area contributed by atoms with Crippen molar-refractivity contribution in [3.05, 3.63) is 23.4 Å². The number of aromatic nitrogens is 1. The van der Waals surface area contributed by atoms with Gasteiger partial charge in [-0.15, -0.1) is 0 Å². The Morgan fingerprint density at radius 1 is 1.53 bits per heavy atom. The lowest BCUT2D eigenvalue weighted by Gasteiger charge is -2.30. The molecule has 0 spiro atoms. The van der Waals surface area contributed by atoms with Gasteiger partial charge in [-0.25, -0.2) is 4.98 Å². The zero-order valence-corrected chi connectivity index (χ0v) is 10.6. The van der Waals surface area contributed by atoms with E-state index in [9.17, 15) is 0 Å². The lowest BCUT2D eigenvalue weighted by molar-refractivity contribution is 0.252. The van der Waals surface area contributed by atoms with Crippen LogP contribution in [0, 0.1) is 18.3 Å². The molecule has 1 rings (SSSR count). The molecule has 0 saturated carbocycles. The highest BCUT2D eigenvalue weighted by Crippen LogP contribution is 2.23. The average Bonchev–Trinajstić information content (AvgIpc) is 2.29. The van der Waals surface area contributed by atoms with Crippen LogP contribution < -0.4 is 5.32 Å². The minimum Gasteiger partial charge on any atom is -0.396 e. The smallest absolute Gasteiger partial charge is 0.144 e.